The van der Waals surface area contributed by atoms with Crippen LogP contribution in [0.15, 0.2) is 30.9 Å². The minimum Gasteiger partial charge on any atom is -0.366 e. The number of amides is 1. The van der Waals surface area contributed by atoms with Crippen molar-refractivity contribution in [3.05, 3.63) is 42.5 Å². The van der Waals surface area contributed by atoms with E-state index in [2.05, 4.69) is 30.6 Å². The van der Waals surface area contributed by atoms with Gasteiger partial charge in [-0.15, -0.1) is 5.10 Å². The number of nitrogens with one attached hydrogen (secondary N) is 2. The van der Waals surface area contributed by atoms with Gasteiger partial charge in [-0.25, -0.2) is 14.1 Å². The topological polar surface area (TPSA) is 127 Å². The van der Waals surface area contributed by atoms with Crippen molar-refractivity contribution in [2.75, 3.05) is 11.1 Å². The number of rotatable bonds is 3. The lowest BCUT2D eigenvalue weighted by molar-refractivity contribution is 0.101. The molecule has 0 saturated heterocycles. The monoisotopic (exact) mass is 288 g/mol. The number of carbonyl (C=O) groups excluding carboxylic acids is 1. The zero-order chi connectivity index (χ0) is 14.8. The summed E-state index contributed by atoms with van der Waals surface area (Å²) in [4.78, 5) is 19.2. The van der Waals surface area contributed by atoms with Crippen LogP contribution >= 0.6 is 0 Å². The van der Waals surface area contributed by atoms with Gasteiger partial charge < -0.3 is 11.1 Å². The number of hydrogen-bond donors (Lipinski definition) is 3. The molecule has 0 fully saturated rings. The van der Waals surface area contributed by atoms with Crippen molar-refractivity contribution in [2.45, 2.75) is 0 Å². The second-order valence-corrected chi connectivity index (χ2v) is 4.00. The molecule has 106 valence electrons. The van der Waals surface area contributed by atoms with Crippen LogP contribution in [0.3, 0.4) is 0 Å². The van der Waals surface area contributed by atoms with E-state index in [1.54, 1.807) is 0 Å². The minimum absolute atomic E-state index is 0.0483. The number of nitrogens with zero attached hydrogens (tertiary/aromatic N) is 5. The number of H-pyrrole nitrogens is 1. The molecular weight excluding hydrogens is 279 g/mol. The molecule has 0 radical (unpaired) electrons. The molecule has 0 aliphatic heterocycles. The molecule has 10 heteroatoms. The van der Waals surface area contributed by atoms with Crippen molar-refractivity contribution in [1.82, 2.24) is 29.9 Å². The van der Waals surface area contributed by atoms with E-state index in [4.69, 9.17) is 5.73 Å². The number of aromatic amines is 1. The number of nitrogen functional groups attached to an aromatic ring is 1. The van der Waals surface area contributed by atoms with E-state index < -0.39 is 11.7 Å². The van der Waals surface area contributed by atoms with Gasteiger partial charge in [0.15, 0.2) is 5.82 Å². The fourth-order valence-electron chi connectivity index (χ4n) is 1.67. The number of halogens is 1. The summed E-state index contributed by atoms with van der Waals surface area (Å²) in [5, 5.41) is 12.2. The fraction of sp³-hybridized carbons (Fsp3) is 0. The SMILES string of the molecule is Nc1n[nH]c(C(=O)Nc2ccc(-n3cncn3)c(F)c2)n1. The first-order valence-electron chi connectivity index (χ1n) is 5.77. The van der Waals surface area contributed by atoms with E-state index >= 15 is 0 Å². The maximum atomic E-state index is 14.0. The van der Waals surface area contributed by atoms with Gasteiger partial charge in [0, 0.05) is 5.69 Å². The van der Waals surface area contributed by atoms with E-state index in [0.717, 1.165) is 6.07 Å². The lowest BCUT2D eigenvalue weighted by Gasteiger charge is -2.06. The molecule has 1 aromatic carbocycles. The lowest BCUT2D eigenvalue weighted by Crippen LogP contribution is -2.14. The minimum atomic E-state index is -0.577. The van der Waals surface area contributed by atoms with Crippen LogP contribution in [0.1, 0.15) is 10.6 Å². The Morgan fingerprint density at radius 1 is 1.43 bits per heavy atom. The van der Waals surface area contributed by atoms with Gasteiger partial charge in [0.2, 0.25) is 11.8 Å². The lowest BCUT2D eigenvalue weighted by atomic mass is 10.2. The molecule has 2 heterocycles. The number of carbonyl (C=O) groups is 1. The number of anilines is 2. The fourth-order valence-corrected chi connectivity index (χ4v) is 1.67. The molecule has 0 atom stereocenters. The average molecular weight is 288 g/mol. The normalized spacial score (nSPS) is 10.5. The van der Waals surface area contributed by atoms with Crippen molar-refractivity contribution < 1.29 is 9.18 Å². The van der Waals surface area contributed by atoms with E-state index in [0.29, 0.717) is 0 Å². The Labute approximate surface area is 117 Å². The van der Waals surface area contributed by atoms with Gasteiger partial charge in [0.25, 0.3) is 5.91 Å². The highest BCUT2D eigenvalue weighted by molar-refractivity contribution is 6.01. The third kappa shape index (κ3) is 2.54. The van der Waals surface area contributed by atoms with E-state index in [9.17, 15) is 9.18 Å². The Kier molecular flexibility index (Phi) is 3.03. The first-order valence-corrected chi connectivity index (χ1v) is 5.77. The first-order chi connectivity index (χ1) is 10.1. The Hall–Kier alpha value is -3.30. The zero-order valence-electron chi connectivity index (χ0n) is 10.5. The molecule has 21 heavy (non-hydrogen) atoms. The van der Waals surface area contributed by atoms with Crippen LogP contribution in [0, 0.1) is 5.82 Å². The van der Waals surface area contributed by atoms with Crippen LogP contribution in [0.25, 0.3) is 5.69 Å². The van der Waals surface area contributed by atoms with Crippen molar-refractivity contribution in [3.63, 3.8) is 0 Å². The highest BCUT2D eigenvalue weighted by atomic mass is 19.1. The molecule has 0 bridgehead atoms. The Balaban J connectivity index is 1.81. The summed E-state index contributed by atoms with van der Waals surface area (Å²) in [6, 6.07) is 4.15. The number of aromatic nitrogens is 6. The van der Waals surface area contributed by atoms with Gasteiger partial charge in [0.1, 0.15) is 18.3 Å². The van der Waals surface area contributed by atoms with Crippen LogP contribution in [0.5, 0.6) is 0 Å². The molecule has 0 spiro atoms. The summed E-state index contributed by atoms with van der Waals surface area (Å²) in [7, 11) is 0. The van der Waals surface area contributed by atoms with Gasteiger partial charge in [-0.05, 0) is 18.2 Å². The number of benzene rings is 1. The molecule has 3 aromatic rings. The molecule has 1 amide bonds. The standard InChI is InChI=1S/C11H9FN8O/c12-7-3-6(1-2-8(7)20-5-14-4-15-20)16-10(21)9-17-11(13)19-18-9/h1-5H,(H,16,21)(H3,13,17,18,19). The summed E-state index contributed by atoms with van der Waals surface area (Å²) >= 11 is 0. The van der Waals surface area contributed by atoms with Crippen LogP contribution in [0.2, 0.25) is 0 Å². The van der Waals surface area contributed by atoms with Gasteiger partial charge >= 0.3 is 0 Å². The van der Waals surface area contributed by atoms with E-state index in [-0.39, 0.29) is 23.1 Å². The van der Waals surface area contributed by atoms with E-state index in [1.807, 2.05) is 0 Å². The maximum Gasteiger partial charge on any atom is 0.293 e. The summed E-state index contributed by atoms with van der Waals surface area (Å²) in [5.41, 5.74) is 5.78. The van der Waals surface area contributed by atoms with Crippen LogP contribution in [-0.4, -0.2) is 35.9 Å². The third-order valence-corrected chi connectivity index (χ3v) is 2.59. The van der Waals surface area contributed by atoms with Crippen LogP contribution in [-0.2, 0) is 0 Å². The van der Waals surface area contributed by atoms with Crippen molar-refractivity contribution in [2.24, 2.45) is 0 Å². The van der Waals surface area contributed by atoms with Crippen molar-refractivity contribution in [3.8, 4) is 5.69 Å². The van der Waals surface area contributed by atoms with Gasteiger partial charge in [-0.3, -0.25) is 9.89 Å². The highest BCUT2D eigenvalue weighted by Gasteiger charge is 2.12. The second-order valence-electron chi connectivity index (χ2n) is 4.00. The predicted molar refractivity (Wildman–Crippen MR) is 70.1 cm³/mol. The molecule has 0 unspecified atom stereocenters. The predicted octanol–water partition coefficient (Wildman–Crippen LogP) is 0.359. The molecule has 2 aromatic heterocycles. The zero-order valence-corrected chi connectivity index (χ0v) is 10.5. The first kappa shape index (κ1) is 12.7. The number of nitrogens with two attached hydrogens (primary N) is 1. The van der Waals surface area contributed by atoms with Crippen LogP contribution < -0.4 is 11.1 Å². The smallest absolute Gasteiger partial charge is 0.293 e. The van der Waals surface area contributed by atoms with E-state index in [1.165, 1.54) is 29.5 Å². The van der Waals surface area contributed by atoms with Crippen molar-refractivity contribution in [1.29, 1.82) is 0 Å². The average Bonchev–Trinajstić information content (AvgIpc) is 3.10. The van der Waals surface area contributed by atoms with Crippen molar-refractivity contribution >= 4 is 17.5 Å². The second kappa shape index (κ2) is 5.00. The Morgan fingerprint density at radius 2 is 2.29 bits per heavy atom. The molecule has 0 aliphatic carbocycles. The molecule has 4 N–H and O–H groups in total. The summed E-state index contributed by atoms with van der Waals surface area (Å²) in [5.74, 6) is -1.25. The summed E-state index contributed by atoms with van der Waals surface area (Å²) in [6.07, 6.45) is 2.66. The Morgan fingerprint density at radius 3 is 2.90 bits per heavy atom. The van der Waals surface area contributed by atoms with Gasteiger partial charge in [-0.2, -0.15) is 10.1 Å². The maximum absolute atomic E-state index is 14.0. The third-order valence-electron chi connectivity index (χ3n) is 2.59. The summed E-state index contributed by atoms with van der Waals surface area (Å²) < 4.78 is 15.3. The summed E-state index contributed by atoms with van der Waals surface area (Å²) in [6.45, 7) is 0. The molecule has 3 rings (SSSR count). The highest BCUT2D eigenvalue weighted by Crippen LogP contribution is 2.17. The number of hydrogen-bond acceptors (Lipinski definition) is 6. The molecule has 9 nitrogen and oxygen atoms in total. The largest absolute Gasteiger partial charge is 0.366 e. The van der Waals surface area contributed by atoms with Gasteiger partial charge in [0.05, 0.1) is 0 Å². The Bertz CT molecular complexity index is 781. The molecular formula is C11H9FN8O. The van der Waals surface area contributed by atoms with Gasteiger partial charge in [-0.1, -0.05) is 0 Å². The molecule has 0 saturated carbocycles. The quantitative estimate of drug-likeness (QED) is 0.638. The molecule has 0 aliphatic rings. The van der Waals surface area contributed by atoms with Crippen LogP contribution in [0.4, 0.5) is 16.0 Å².